The summed E-state index contributed by atoms with van der Waals surface area (Å²) in [4.78, 5) is 0. The van der Waals surface area contributed by atoms with Gasteiger partial charge in [0.1, 0.15) is 12.2 Å². The van der Waals surface area contributed by atoms with E-state index in [1.54, 1.807) is 0 Å². The summed E-state index contributed by atoms with van der Waals surface area (Å²) in [6.45, 7) is 0.222. The molecule has 0 aromatic heterocycles. The Morgan fingerprint density at radius 3 is 1.70 bits per heavy atom. The molecular weight excluding hydrogens is 312 g/mol. The average Bonchev–Trinajstić information content (AvgIpc) is 2.59. The number of rotatable bonds is 16. The second kappa shape index (κ2) is 15.2. The molecule has 0 aromatic carbocycles. The van der Waals surface area contributed by atoms with Gasteiger partial charge >= 0.3 is 0 Å². The fraction of sp³-hybridized carbons (Fsp3) is 1.00. The van der Waals surface area contributed by atoms with Gasteiger partial charge < -0.3 is 44.5 Å². The molecule has 3 atom stereocenters. The van der Waals surface area contributed by atoms with Gasteiger partial charge in [-0.3, -0.25) is 0 Å². The molecule has 5 N–H and O–H groups in total. The Bertz CT molecular complexity index is 250. The number of hydrogen-bond acceptors (Lipinski definition) is 9. The number of ether oxygens (including phenoxy) is 4. The van der Waals surface area contributed by atoms with Crippen LogP contribution in [0.15, 0.2) is 0 Å². The van der Waals surface area contributed by atoms with Gasteiger partial charge in [-0.15, -0.1) is 0 Å². The molecule has 0 heterocycles. The first-order chi connectivity index (χ1) is 11.1. The van der Waals surface area contributed by atoms with Crippen LogP contribution in [-0.2, 0) is 18.9 Å². The Kier molecular flexibility index (Phi) is 14.9. The van der Waals surface area contributed by atoms with Crippen LogP contribution in [0.1, 0.15) is 19.8 Å². The number of aliphatic hydroxyl groups is 5. The van der Waals surface area contributed by atoms with Crippen LogP contribution in [0.2, 0.25) is 0 Å². The molecule has 140 valence electrons. The van der Waals surface area contributed by atoms with E-state index in [2.05, 4.69) is 0 Å². The van der Waals surface area contributed by atoms with Gasteiger partial charge in [0.2, 0.25) is 0 Å². The normalized spacial score (nSPS) is 15.8. The second-order valence-corrected chi connectivity index (χ2v) is 4.85. The van der Waals surface area contributed by atoms with Crippen molar-refractivity contribution in [1.82, 2.24) is 0 Å². The Morgan fingerprint density at radius 2 is 1.22 bits per heavy atom. The molecular formula is C14H30O9. The molecule has 0 spiro atoms. The molecule has 0 aromatic rings. The third-order valence-corrected chi connectivity index (χ3v) is 2.87. The molecule has 23 heavy (non-hydrogen) atoms. The van der Waals surface area contributed by atoms with Gasteiger partial charge in [-0.05, 0) is 6.42 Å². The lowest BCUT2D eigenvalue weighted by atomic mass is 10.3. The lowest BCUT2D eigenvalue weighted by Crippen LogP contribution is -2.37. The summed E-state index contributed by atoms with van der Waals surface area (Å²) in [6.07, 6.45) is -1.85. The highest BCUT2D eigenvalue weighted by Crippen LogP contribution is 2.06. The van der Waals surface area contributed by atoms with E-state index in [1.807, 2.05) is 6.92 Å². The van der Waals surface area contributed by atoms with Crippen LogP contribution in [0.25, 0.3) is 0 Å². The van der Waals surface area contributed by atoms with Crippen molar-refractivity contribution in [1.29, 1.82) is 0 Å². The van der Waals surface area contributed by atoms with Crippen molar-refractivity contribution in [2.24, 2.45) is 0 Å². The van der Waals surface area contributed by atoms with Crippen LogP contribution in [0, 0.1) is 0 Å². The largest absolute Gasteiger partial charge is 0.394 e. The highest BCUT2D eigenvalue weighted by molar-refractivity contribution is 4.59. The van der Waals surface area contributed by atoms with Crippen LogP contribution in [0.3, 0.4) is 0 Å². The number of hydrogen-bond donors (Lipinski definition) is 5. The molecule has 0 aliphatic heterocycles. The Morgan fingerprint density at radius 1 is 0.696 bits per heavy atom. The summed E-state index contributed by atoms with van der Waals surface area (Å²) < 4.78 is 21.0. The summed E-state index contributed by atoms with van der Waals surface area (Å²) >= 11 is 0. The predicted octanol–water partition coefficient (Wildman–Crippen LogP) is -1.80. The third kappa shape index (κ3) is 10.9. The molecule has 0 saturated heterocycles. The van der Waals surface area contributed by atoms with Crippen LogP contribution >= 0.6 is 0 Å². The minimum Gasteiger partial charge on any atom is -0.394 e. The molecule has 0 amide bonds. The Hall–Kier alpha value is -0.360. The highest BCUT2D eigenvalue weighted by atomic mass is 16.7. The first kappa shape index (κ1) is 22.6. The van der Waals surface area contributed by atoms with E-state index in [9.17, 15) is 10.2 Å². The highest BCUT2D eigenvalue weighted by Gasteiger charge is 2.20. The molecule has 0 aliphatic carbocycles. The van der Waals surface area contributed by atoms with Crippen molar-refractivity contribution >= 4 is 0 Å². The summed E-state index contributed by atoms with van der Waals surface area (Å²) in [5.74, 6) is 0. The quantitative estimate of drug-likeness (QED) is 0.162. The zero-order valence-corrected chi connectivity index (χ0v) is 13.5. The van der Waals surface area contributed by atoms with E-state index in [1.165, 1.54) is 0 Å². The SMILES string of the molecule is CCCCOC(CO)OC(CO)COC(CO)OC(CO)CO. The molecule has 0 aliphatic rings. The van der Waals surface area contributed by atoms with Crippen molar-refractivity contribution in [2.45, 2.75) is 44.6 Å². The van der Waals surface area contributed by atoms with E-state index in [-0.39, 0.29) is 19.8 Å². The molecule has 9 nitrogen and oxygen atoms in total. The smallest absolute Gasteiger partial charge is 0.181 e. The standard InChI is InChI=1S/C14H30O9/c1-2-3-4-20-13(8-18)23-12(7-17)10-21-14(9-19)22-11(5-15)6-16/h11-19H,2-10H2,1H3. The molecule has 0 saturated carbocycles. The van der Waals surface area contributed by atoms with E-state index >= 15 is 0 Å². The molecule has 3 unspecified atom stereocenters. The van der Waals surface area contributed by atoms with Gasteiger partial charge in [0.05, 0.1) is 39.6 Å². The van der Waals surface area contributed by atoms with Gasteiger partial charge in [0, 0.05) is 6.61 Å². The maximum Gasteiger partial charge on any atom is 0.181 e. The lowest BCUT2D eigenvalue weighted by Gasteiger charge is -2.25. The van der Waals surface area contributed by atoms with Gasteiger partial charge in [-0.25, -0.2) is 0 Å². The molecule has 0 radical (unpaired) electrons. The maximum atomic E-state index is 9.28. The second-order valence-electron chi connectivity index (χ2n) is 4.85. The van der Waals surface area contributed by atoms with E-state index in [0.717, 1.165) is 12.8 Å². The van der Waals surface area contributed by atoms with Crippen molar-refractivity contribution in [3.05, 3.63) is 0 Å². The summed E-state index contributed by atoms with van der Waals surface area (Å²) in [5.41, 5.74) is 0. The van der Waals surface area contributed by atoms with Crippen LogP contribution in [0.4, 0.5) is 0 Å². The fourth-order valence-corrected chi connectivity index (χ4v) is 1.55. The van der Waals surface area contributed by atoms with Gasteiger partial charge in [0.25, 0.3) is 0 Å². The van der Waals surface area contributed by atoms with Crippen LogP contribution in [0.5, 0.6) is 0 Å². The first-order valence-corrected chi connectivity index (χ1v) is 7.73. The van der Waals surface area contributed by atoms with E-state index in [0.29, 0.717) is 6.61 Å². The lowest BCUT2D eigenvalue weighted by molar-refractivity contribution is -0.240. The first-order valence-electron chi connectivity index (χ1n) is 7.73. The Labute approximate surface area is 136 Å². The predicted molar refractivity (Wildman–Crippen MR) is 79.6 cm³/mol. The summed E-state index contributed by atoms with van der Waals surface area (Å²) in [6, 6.07) is 0. The summed E-state index contributed by atoms with van der Waals surface area (Å²) in [5, 5.41) is 45.4. The van der Waals surface area contributed by atoms with Gasteiger partial charge in [-0.1, -0.05) is 13.3 Å². The van der Waals surface area contributed by atoms with Gasteiger partial charge in [0.15, 0.2) is 12.6 Å². The molecule has 0 rings (SSSR count). The monoisotopic (exact) mass is 342 g/mol. The number of aliphatic hydroxyl groups excluding tert-OH is 5. The van der Waals surface area contributed by atoms with Crippen LogP contribution < -0.4 is 0 Å². The average molecular weight is 342 g/mol. The zero-order valence-electron chi connectivity index (χ0n) is 13.5. The molecule has 0 bridgehead atoms. The minimum absolute atomic E-state index is 0.126. The Balaban J connectivity index is 4.22. The van der Waals surface area contributed by atoms with E-state index in [4.69, 9.17) is 34.3 Å². The van der Waals surface area contributed by atoms with E-state index < -0.39 is 44.6 Å². The fourth-order valence-electron chi connectivity index (χ4n) is 1.55. The van der Waals surface area contributed by atoms with Crippen molar-refractivity contribution in [2.75, 3.05) is 46.2 Å². The third-order valence-electron chi connectivity index (χ3n) is 2.87. The van der Waals surface area contributed by atoms with Crippen molar-refractivity contribution in [3.63, 3.8) is 0 Å². The molecule has 9 heteroatoms. The van der Waals surface area contributed by atoms with Crippen LogP contribution in [-0.4, -0.2) is 96.6 Å². The maximum absolute atomic E-state index is 9.28. The van der Waals surface area contributed by atoms with Crippen molar-refractivity contribution < 1.29 is 44.5 Å². The minimum atomic E-state index is -1.08. The molecule has 0 fully saturated rings. The number of unbranched alkanes of at least 4 members (excludes halogenated alkanes) is 1. The van der Waals surface area contributed by atoms with Crippen molar-refractivity contribution in [3.8, 4) is 0 Å². The van der Waals surface area contributed by atoms with Gasteiger partial charge in [-0.2, -0.15) is 0 Å². The topological polar surface area (TPSA) is 138 Å². The zero-order chi connectivity index (χ0) is 17.5. The summed E-state index contributed by atoms with van der Waals surface area (Å²) in [7, 11) is 0.